The van der Waals surface area contributed by atoms with Crippen LogP contribution in [-0.4, -0.2) is 52.2 Å². The molecule has 0 aromatic rings. The van der Waals surface area contributed by atoms with Crippen molar-refractivity contribution in [1.82, 2.24) is 5.32 Å². The molecule has 21 heavy (non-hydrogen) atoms. The molecule has 1 amide bonds. The number of ketones is 1. The van der Waals surface area contributed by atoms with Crippen LogP contribution in [-0.2, 0) is 19.1 Å². The summed E-state index contributed by atoms with van der Waals surface area (Å²) in [5, 5.41) is 0.541. The maximum Gasteiger partial charge on any atom is 0.372 e. The first-order chi connectivity index (χ1) is 12.2. The van der Waals surface area contributed by atoms with Gasteiger partial charge in [-0.1, -0.05) is 25.5 Å². The molecule has 0 saturated carbocycles. The summed E-state index contributed by atoms with van der Waals surface area (Å²) in [6.07, 6.45) is -1.06. The molecule has 0 aliphatic rings. The van der Waals surface area contributed by atoms with Crippen LogP contribution in [0.3, 0.4) is 0 Å². The van der Waals surface area contributed by atoms with E-state index >= 15 is 0 Å². The highest BCUT2D eigenvalue weighted by atomic mass is 32.2. The molecule has 0 aliphatic heterocycles. The van der Waals surface area contributed by atoms with Crippen molar-refractivity contribution in [3.8, 4) is 0 Å². The molecule has 0 heterocycles. The fourth-order valence-electron chi connectivity index (χ4n) is 1.27. The second-order valence-electron chi connectivity index (χ2n) is 4.16. The molecule has 118 valence electrons. The van der Waals surface area contributed by atoms with E-state index in [1.54, 1.807) is 0 Å². The van der Waals surface area contributed by atoms with Crippen LogP contribution in [0.4, 0.5) is 0 Å². The number of amides is 1. The first-order valence-electron chi connectivity index (χ1n) is 9.08. The summed E-state index contributed by atoms with van der Waals surface area (Å²) in [6.45, 7) is 0.103. The maximum absolute atomic E-state index is 12.4. The van der Waals surface area contributed by atoms with Crippen molar-refractivity contribution < 1.29 is 32.1 Å². The normalized spacial score (nSPS) is 19.9. The van der Waals surface area contributed by atoms with Crippen LogP contribution in [0.15, 0.2) is 0 Å². The van der Waals surface area contributed by atoms with E-state index in [0.29, 0.717) is 11.8 Å². The number of methoxy groups -OCH3 is 1. The highest BCUT2D eigenvalue weighted by molar-refractivity contribution is 8.14. The third-order valence-electron chi connectivity index (χ3n) is 2.33. The van der Waals surface area contributed by atoms with E-state index in [9.17, 15) is 14.4 Å². The molecule has 0 aromatic carbocycles. The second-order valence-corrected chi connectivity index (χ2v) is 5.51. The lowest BCUT2D eigenvalue weighted by Gasteiger charge is -2.19. The zero-order valence-electron chi connectivity index (χ0n) is 17.7. The number of thioether (sulfide) groups is 1. The monoisotopic (exact) mass is 322 g/mol. The Balaban J connectivity index is 5.17. The minimum Gasteiger partial charge on any atom is -0.372 e. The molecule has 7 nitrogen and oxygen atoms in total. The summed E-state index contributed by atoms with van der Waals surface area (Å²) < 4.78 is 47.4. The van der Waals surface area contributed by atoms with Gasteiger partial charge in [-0.2, -0.15) is 0 Å². The van der Waals surface area contributed by atoms with Crippen LogP contribution in [0.5, 0.6) is 0 Å². The van der Waals surface area contributed by atoms with E-state index in [1.165, 1.54) is 13.8 Å². The minimum absolute atomic E-state index is 0.170. The molecule has 0 rings (SSSR count). The van der Waals surface area contributed by atoms with Crippen molar-refractivity contribution >= 4 is 34.8 Å². The summed E-state index contributed by atoms with van der Waals surface area (Å²) in [5.41, 5.74) is 6.59. The van der Waals surface area contributed by atoms with E-state index in [1.807, 2.05) is 0 Å². The van der Waals surface area contributed by atoms with E-state index < -0.39 is 48.1 Å². The molecule has 0 fully saturated rings. The number of hydrogen-bond acceptors (Lipinski definition) is 6. The van der Waals surface area contributed by atoms with E-state index in [2.05, 4.69) is 14.8 Å². The highest BCUT2D eigenvalue weighted by Crippen LogP contribution is 2.16. The number of Topliss-reactive ketones (excluding diaryl/α,β-unsaturated/α-hetero) is 1. The molecule has 0 aliphatic carbocycles. The third kappa shape index (κ3) is 8.39. The van der Waals surface area contributed by atoms with Gasteiger partial charge in [0.2, 0.25) is 16.8 Å². The number of nitrogens with zero attached hydrogens (tertiary/aromatic N) is 1. The molecule has 1 unspecified atom stereocenters. The van der Waals surface area contributed by atoms with Crippen molar-refractivity contribution in [3.63, 3.8) is 0 Å². The Morgan fingerprint density at radius 2 is 2.19 bits per heavy atom. The van der Waals surface area contributed by atoms with Gasteiger partial charge in [0, 0.05) is 22.8 Å². The zero-order valence-corrected chi connectivity index (χ0v) is 12.5. The zero-order chi connectivity index (χ0) is 21.4. The lowest BCUT2D eigenvalue weighted by atomic mass is 10.1. The highest BCUT2D eigenvalue weighted by Gasteiger charge is 2.25. The summed E-state index contributed by atoms with van der Waals surface area (Å²) in [7, 11) is -2.82. The quantitative estimate of drug-likeness (QED) is 0.371. The van der Waals surface area contributed by atoms with Gasteiger partial charge >= 0.3 is 6.21 Å². The van der Waals surface area contributed by atoms with Crippen LogP contribution in [0.1, 0.15) is 41.8 Å². The number of nitrogens with one attached hydrogen (secondary N) is 2. The SMILES string of the molecule is [2H]C([2H])([2H])O[C@@H](C)C(=O)N[C@@H](CCC(=O)C=[N+]=N)C(=O)SC(C)C([2H])([2H])[2H]. The smallest absolute Gasteiger partial charge is 0.372 e. The lowest BCUT2D eigenvalue weighted by molar-refractivity contribution is -0.133. The van der Waals surface area contributed by atoms with Gasteiger partial charge in [-0.15, -0.1) is 0 Å². The molecule has 0 saturated heterocycles. The number of rotatable bonds is 9. The first-order valence-corrected chi connectivity index (χ1v) is 6.96. The van der Waals surface area contributed by atoms with Crippen molar-refractivity contribution in [2.45, 2.75) is 50.9 Å². The molecule has 0 aromatic heterocycles. The van der Waals surface area contributed by atoms with Gasteiger partial charge in [0.05, 0.1) is 20.5 Å². The van der Waals surface area contributed by atoms with Crippen LogP contribution < -0.4 is 5.32 Å². The molecular formula is C13H22N3O4S+. The van der Waals surface area contributed by atoms with Crippen molar-refractivity contribution in [2.75, 3.05) is 7.04 Å². The first kappa shape index (κ1) is 11.1. The van der Waals surface area contributed by atoms with Crippen LogP contribution >= 0.6 is 11.8 Å². The standard InChI is InChI=1S/C13H21N3O4S/c1-8(2)21-13(19)11(6-5-10(17)7-15-14)16-12(18)9(3)20-4/h7-9,11,14H,5-6H2,1-4H3/p+1/t9-,11-/m0/s1/i1D3,4D3/t8?,9-,11-. The van der Waals surface area contributed by atoms with E-state index in [-0.39, 0.29) is 12.8 Å². The van der Waals surface area contributed by atoms with Crippen LogP contribution in [0, 0.1) is 5.53 Å². The van der Waals surface area contributed by atoms with Crippen molar-refractivity contribution in [2.24, 2.45) is 0 Å². The van der Waals surface area contributed by atoms with Gasteiger partial charge in [0.1, 0.15) is 6.10 Å². The predicted octanol–water partition coefficient (Wildman–Crippen LogP) is 0.834. The average molecular weight is 322 g/mol. The Bertz CT molecular complexity index is 604. The minimum atomic E-state index is -2.82. The van der Waals surface area contributed by atoms with E-state index in [4.69, 9.17) is 13.8 Å². The molecule has 0 radical (unpaired) electrons. The maximum atomic E-state index is 12.4. The summed E-state index contributed by atoms with van der Waals surface area (Å²) in [4.78, 5) is 38.7. The summed E-state index contributed by atoms with van der Waals surface area (Å²) in [5.74, 6) is -1.45. The number of hydrogen-bond donors (Lipinski definition) is 2. The average Bonchev–Trinajstić information content (AvgIpc) is 2.48. The fraction of sp³-hybridized carbons (Fsp3) is 0.692. The predicted molar refractivity (Wildman–Crippen MR) is 79.4 cm³/mol. The third-order valence-corrected chi connectivity index (χ3v) is 3.20. The summed E-state index contributed by atoms with van der Waals surface area (Å²) >= 11 is 0.496. The Morgan fingerprint density at radius 1 is 1.48 bits per heavy atom. The molecule has 0 bridgehead atoms. The summed E-state index contributed by atoms with van der Waals surface area (Å²) in [6, 6.07) is -1.24. The number of carbonyl (C=O) groups excluding carboxylic acids is 3. The van der Waals surface area contributed by atoms with Gasteiger partial charge < -0.3 is 10.1 Å². The Kier molecular flexibility index (Phi) is 5.43. The van der Waals surface area contributed by atoms with Crippen LogP contribution in [0.25, 0.3) is 0 Å². The largest absolute Gasteiger partial charge is 0.372 e. The van der Waals surface area contributed by atoms with Crippen LogP contribution in [0.2, 0.25) is 0 Å². The molecule has 0 spiro atoms. The van der Waals surface area contributed by atoms with Gasteiger partial charge in [-0.3, -0.25) is 14.4 Å². The Hall–Kier alpha value is -1.50. The van der Waals surface area contributed by atoms with Gasteiger partial charge in [-0.05, 0) is 13.3 Å². The molecule has 8 heteroatoms. The second kappa shape index (κ2) is 10.3. The molecule has 3 atom stereocenters. The number of carbonyl (C=O) groups is 3. The van der Waals surface area contributed by atoms with Crippen molar-refractivity contribution in [3.05, 3.63) is 0 Å². The van der Waals surface area contributed by atoms with Gasteiger partial charge in [0.25, 0.3) is 0 Å². The van der Waals surface area contributed by atoms with E-state index in [0.717, 1.165) is 6.21 Å². The topological polar surface area (TPSA) is 110 Å². The lowest BCUT2D eigenvalue weighted by Crippen LogP contribution is -2.45. The Labute approximate surface area is 136 Å². The van der Waals surface area contributed by atoms with Gasteiger partial charge in [0.15, 0.2) is 0 Å². The number of ether oxygens (including phenoxy) is 1. The Morgan fingerprint density at radius 3 is 2.76 bits per heavy atom. The van der Waals surface area contributed by atoms with Crippen molar-refractivity contribution in [1.29, 1.82) is 5.53 Å². The van der Waals surface area contributed by atoms with Gasteiger partial charge in [-0.25, -0.2) is 0 Å². The molecule has 2 N–H and O–H groups in total. The molecular weight excluding hydrogens is 294 g/mol. The fourth-order valence-corrected chi connectivity index (χ4v) is 1.96.